The van der Waals surface area contributed by atoms with Crippen LogP contribution in [0.1, 0.15) is 52.4 Å². The van der Waals surface area contributed by atoms with Gasteiger partial charge in [-0.25, -0.2) is 9.78 Å². The number of likely N-dealkylation sites (tertiary alicyclic amines) is 2. The van der Waals surface area contributed by atoms with Crippen LogP contribution >= 0.6 is 0 Å². The summed E-state index contributed by atoms with van der Waals surface area (Å²) in [7, 11) is 1.66. The van der Waals surface area contributed by atoms with Crippen molar-refractivity contribution in [3.63, 3.8) is 0 Å². The van der Waals surface area contributed by atoms with E-state index >= 15 is 0 Å². The number of rotatable bonds is 5. The Hall–Kier alpha value is -4.41. The van der Waals surface area contributed by atoms with Gasteiger partial charge in [0.15, 0.2) is 0 Å². The summed E-state index contributed by atoms with van der Waals surface area (Å²) in [6.45, 7) is 23.1. The fraction of sp³-hybridized carbons (Fsp3) is 0.433. The smallest absolute Gasteiger partial charge is 0.414 e. The summed E-state index contributed by atoms with van der Waals surface area (Å²) in [5.74, 6) is 0.447. The van der Waals surface area contributed by atoms with Crippen LogP contribution in [-0.2, 0) is 19.1 Å². The summed E-state index contributed by atoms with van der Waals surface area (Å²) in [5, 5.41) is 0. The highest BCUT2D eigenvalue weighted by Crippen LogP contribution is 2.11. The summed E-state index contributed by atoms with van der Waals surface area (Å²) < 4.78 is 6.56. The molecule has 3 aliphatic rings. The van der Waals surface area contributed by atoms with Crippen molar-refractivity contribution in [1.29, 1.82) is 0 Å². The molecule has 1 unspecified atom stereocenters. The molecule has 0 aliphatic carbocycles. The van der Waals surface area contributed by atoms with E-state index in [1.807, 2.05) is 13.1 Å². The molecule has 226 valence electrons. The maximum atomic E-state index is 11.1. The van der Waals surface area contributed by atoms with Gasteiger partial charge < -0.3 is 24.0 Å². The van der Waals surface area contributed by atoms with Crippen molar-refractivity contribution in [1.82, 2.24) is 29.2 Å². The van der Waals surface area contributed by atoms with Gasteiger partial charge in [-0.15, -0.1) is 0 Å². The number of carbonyl (C=O) groups excluding carboxylic acids is 4. The van der Waals surface area contributed by atoms with Crippen molar-refractivity contribution in [3.05, 3.63) is 76.4 Å². The Morgan fingerprint density at radius 2 is 1.46 bits per heavy atom. The van der Waals surface area contributed by atoms with Gasteiger partial charge in [0.2, 0.25) is 17.7 Å². The van der Waals surface area contributed by atoms with Crippen LogP contribution in [-0.4, -0.2) is 85.8 Å². The van der Waals surface area contributed by atoms with Crippen molar-refractivity contribution in [2.24, 2.45) is 0 Å². The van der Waals surface area contributed by atoms with Gasteiger partial charge in [-0.2, -0.15) is 0 Å². The molecule has 0 saturated carbocycles. The molecule has 0 aromatic carbocycles. The van der Waals surface area contributed by atoms with E-state index in [0.717, 1.165) is 32.4 Å². The van der Waals surface area contributed by atoms with Crippen LogP contribution in [0.25, 0.3) is 6.20 Å². The lowest BCUT2D eigenvalue weighted by Gasteiger charge is -2.13. The normalized spacial score (nSPS) is 17.3. The van der Waals surface area contributed by atoms with E-state index in [2.05, 4.69) is 37.9 Å². The molecule has 0 radical (unpaired) electrons. The number of aromatic nitrogens is 2. The van der Waals surface area contributed by atoms with Gasteiger partial charge >= 0.3 is 6.09 Å². The Morgan fingerprint density at radius 3 is 1.76 bits per heavy atom. The predicted octanol–water partition coefficient (Wildman–Crippen LogP) is 4.85. The molecular formula is C30H46N6O5. The molecule has 0 spiro atoms. The van der Waals surface area contributed by atoms with Gasteiger partial charge in [-0.1, -0.05) is 39.3 Å². The van der Waals surface area contributed by atoms with Crippen LogP contribution in [0.3, 0.4) is 0 Å². The van der Waals surface area contributed by atoms with Crippen LogP contribution in [0, 0.1) is 0 Å². The molecule has 11 nitrogen and oxygen atoms in total. The van der Waals surface area contributed by atoms with Gasteiger partial charge in [0.1, 0.15) is 6.10 Å². The third-order valence-electron chi connectivity index (χ3n) is 5.88. The second kappa shape index (κ2) is 21.4. The highest BCUT2D eigenvalue weighted by Gasteiger charge is 2.25. The van der Waals surface area contributed by atoms with Crippen LogP contribution in [0.2, 0.25) is 0 Å². The number of amides is 4. The fourth-order valence-corrected chi connectivity index (χ4v) is 3.34. The third kappa shape index (κ3) is 15.7. The Labute approximate surface area is 244 Å². The zero-order valence-corrected chi connectivity index (χ0v) is 24.8. The standard InChI is InChI=1S/C8H13NO.C6H9NO2.C6H9NO.C5H6N2.C5H9NO/c1-2-9-7-5-3-4-6-8(9)10;1-3-7-4-5(2)9-6(7)8;1-2-7-5-3-4-6(7)8;1-2-7-4-3-6-5-7;1-4-6(3)5(2)7/h2H,1,3-7H2;3,5H,1,4H2,2H3;2H,1,3-5H2;2-5H,1H2;4H,1H2,2-3H3. The van der Waals surface area contributed by atoms with Crippen LogP contribution in [0.4, 0.5) is 4.79 Å². The van der Waals surface area contributed by atoms with Crippen LogP contribution < -0.4 is 0 Å². The average molecular weight is 571 g/mol. The van der Waals surface area contributed by atoms with Crippen molar-refractivity contribution < 1.29 is 23.9 Å². The van der Waals surface area contributed by atoms with Gasteiger partial charge in [0.05, 0.1) is 12.9 Å². The highest BCUT2D eigenvalue weighted by molar-refractivity contribution is 5.79. The van der Waals surface area contributed by atoms with Crippen molar-refractivity contribution in [3.8, 4) is 0 Å². The van der Waals surface area contributed by atoms with Crippen molar-refractivity contribution in [2.45, 2.75) is 58.5 Å². The van der Waals surface area contributed by atoms with E-state index in [-0.39, 0.29) is 29.9 Å². The summed E-state index contributed by atoms with van der Waals surface area (Å²) >= 11 is 0. The number of ether oxygens (including phenoxy) is 1. The van der Waals surface area contributed by atoms with E-state index < -0.39 is 0 Å². The lowest BCUT2D eigenvalue weighted by atomic mass is 10.2. The Kier molecular flexibility index (Phi) is 19.1. The molecule has 4 heterocycles. The molecule has 0 bridgehead atoms. The zero-order chi connectivity index (χ0) is 31.2. The first-order valence-corrected chi connectivity index (χ1v) is 13.4. The molecule has 1 aromatic heterocycles. The number of nitrogens with zero attached hydrogens (tertiary/aromatic N) is 6. The van der Waals surface area contributed by atoms with E-state index in [0.29, 0.717) is 19.4 Å². The predicted molar refractivity (Wildman–Crippen MR) is 162 cm³/mol. The zero-order valence-electron chi connectivity index (χ0n) is 24.8. The first kappa shape index (κ1) is 36.6. The minimum Gasteiger partial charge on any atom is -0.444 e. The average Bonchev–Trinajstić information content (AvgIpc) is 3.69. The summed E-state index contributed by atoms with van der Waals surface area (Å²) in [6, 6.07) is 0. The molecular weight excluding hydrogens is 524 g/mol. The van der Waals surface area contributed by atoms with Crippen molar-refractivity contribution in [2.75, 3.05) is 26.7 Å². The Bertz CT molecular complexity index is 1010. The monoisotopic (exact) mass is 570 g/mol. The molecule has 3 fully saturated rings. The van der Waals surface area contributed by atoms with Gasteiger partial charge in [-0.3, -0.25) is 19.3 Å². The molecule has 41 heavy (non-hydrogen) atoms. The minimum atomic E-state index is -0.294. The molecule has 3 saturated heterocycles. The number of imidazole rings is 1. The number of cyclic esters (lactones) is 1. The highest BCUT2D eigenvalue weighted by atomic mass is 16.6. The molecule has 4 rings (SSSR count). The Balaban J connectivity index is 0.000000491. The topological polar surface area (TPSA) is 108 Å². The van der Waals surface area contributed by atoms with Crippen LogP contribution in [0.15, 0.2) is 76.4 Å². The maximum absolute atomic E-state index is 11.1. The minimum absolute atomic E-state index is 0.00926. The van der Waals surface area contributed by atoms with Crippen molar-refractivity contribution >= 4 is 30.0 Å². The van der Waals surface area contributed by atoms with Gasteiger partial charge in [-0.05, 0) is 44.8 Å². The SMILES string of the molecule is C=CN(C)C(C)=O.C=CN1CC(C)OC1=O.C=CN1CCCC1=O.C=CN1CCCCCC1=O.C=Cn1ccnc1. The quantitative estimate of drug-likeness (QED) is 0.501. The molecule has 11 heteroatoms. The molecule has 1 aromatic rings. The first-order valence-electron chi connectivity index (χ1n) is 13.4. The van der Waals surface area contributed by atoms with E-state index in [4.69, 9.17) is 4.74 Å². The lowest BCUT2D eigenvalue weighted by Crippen LogP contribution is -2.23. The maximum Gasteiger partial charge on any atom is 0.414 e. The summed E-state index contributed by atoms with van der Waals surface area (Å²) in [4.78, 5) is 52.7. The van der Waals surface area contributed by atoms with E-state index in [9.17, 15) is 19.2 Å². The molecule has 0 N–H and O–H groups in total. The summed E-state index contributed by atoms with van der Waals surface area (Å²) in [5.41, 5.74) is 0. The fourth-order valence-electron chi connectivity index (χ4n) is 3.34. The number of carbonyl (C=O) groups is 4. The number of hydrogen-bond acceptors (Lipinski definition) is 6. The van der Waals surface area contributed by atoms with E-state index in [1.54, 1.807) is 52.5 Å². The van der Waals surface area contributed by atoms with E-state index in [1.165, 1.54) is 35.5 Å². The van der Waals surface area contributed by atoms with Crippen LogP contribution in [0.5, 0.6) is 0 Å². The molecule has 3 aliphatic heterocycles. The molecule has 4 amide bonds. The largest absolute Gasteiger partial charge is 0.444 e. The Morgan fingerprint density at radius 1 is 0.902 bits per heavy atom. The van der Waals surface area contributed by atoms with Gasteiger partial charge in [0, 0.05) is 64.7 Å². The third-order valence-corrected chi connectivity index (χ3v) is 5.88. The second-order valence-electron chi connectivity index (χ2n) is 8.99. The van der Waals surface area contributed by atoms with Gasteiger partial charge in [0.25, 0.3) is 0 Å². The summed E-state index contributed by atoms with van der Waals surface area (Å²) in [6.07, 6.45) is 18.5. The number of hydrogen-bond donors (Lipinski definition) is 0. The molecule has 1 atom stereocenters. The lowest BCUT2D eigenvalue weighted by molar-refractivity contribution is -0.128. The first-order chi connectivity index (χ1) is 19.5. The second-order valence-corrected chi connectivity index (χ2v) is 8.99.